The van der Waals surface area contributed by atoms with Crippen LogP contribution in [0.25, 0.3) is 0 Å². The first-order valence-electron chi connectivity index (χ1n) is 4.59. The van der Waals surface area contributed by atoms with E-state index in [4.69, 9.17) is 0 Å². The maximum atomic E-state index is 9.53. The SMILES string of the molecule is CN1C(O)CCC1c1cccnc1. The predicted octanol–water partition coefficient (Wildman–Crippen LogP) is 1.17. The summed E-state index contributed by atoms with van der Waals surface area (Å²) in [5, 5.41) is 9.53. The molecule has 0 spiro atoms. The van der Waals surface area contributed by atoms with E-state index in [0.717, 1.165) is 12.8 Å². The second kappa shape index (κ2) is 3.44. The number of likely N-dealkylation sites (tertiary alicyclic amines) is 1. The molecule has 1 aromatic rings. The Kier molecular flexibility index (Phi) is 2.29. The molecule has 1 aliphatic rings. The Balaban J connectivity index is 2.19. The van der Waals surface area contributed by atoms with Gasteiger partial charge < -0.3 is 5.11 Å². The number of hydrogen-bond acceptors (Lipinski definition) is 3. The molecule has 13 heavy (non-hydrogen) atoms. The fourth-order valence-corrected chi connectivity index (χ4v) is 1.90. The second-order valence-electron chi connectivity index (χ2n) is 3.53. The van der Waals surface area contributed by atoms with Crippen LogP contribution in [-0.2, 0) is 0 Å². The van der Waals surface area contributed by atoms with Gasteiger partial charge in [-0.2, -0.15) is 0 Å². The van der Waals surface area contributed by atoms with Crippen LogP contribution in [0.5, 0.6) is 0 Å². The number of aliphatic hydroxyl groups is 1. The summed E-state index contributed by atoms with van der Waals surface area (Å²) >= 11 is 0. The van der Waals surface area contributed by atoms with Crippen LogP contribution in [0.2, 0.25) is 0 Å². The minimum atomic E-state index is -0.287. The summed E-state index contributed by atoms with van der Waals surface area (Å²) < 4.78 is 0. The molecule has 1 saturated heterocycles. The summed E-state index contributed by atoms with van der Waals surface area (Å²) in [7, 11) is 1.95. The van der Waals surface area contributed by atoms with Crippen molar-refractivity contribution in [2.75, 3.05) is 7.05 Å². The van der Waals surface area contributed by atoms with Crippen molar-refractivity contribution in [3.8, 4) is 0 Å². The van der Waals surface area contributed by atoms with Crippen LogP contribution in [0.15, 0.2) is 24.5 Å². The van der Waals surface area contributed by atoms with Crippen molar-refractivity contribution in [1.29, 1.82) is 0 Å². The summed E-state index contributed by atoms with van der Waals surface area (Å²) in [6.45, 7) is 0. The molecule has 0 bridgehead atoms. The number of aromatic nitrogens is 1. The van der Waals surface area contributed by atoms with Crippen molar-refractivity contribution in [2.45, 2.75) is 25.1 Å². The quantitative estimate of drug-likeness (QED) is 0.701. The van der Waals surface area contributed by atoms with Crippen LogP contribution in [0.1, 0.15) is 24.4 Å². The molecule has 1 aromatic heterocycles. The van der Waals surface area contributed by atoms with E-state index in [9.17, 15) is 5.11 Å². The lowest BCUT2D eigenvalue weighted by atomic mass is 10.1. The molecule has 1 N–H and O–H groups in total. The van der Waals surface area contributed by atoms with Gasteiger partial charge in [-0.1, -0.05) is 6.07 Å². The Morgan fingerprint density at radius 2 is 2.38 bits per heavy atom. The van der Waals surface area contributed by atoms with Gasteiger partial charge in [-0.25, -0.2) is 0 Å². The fourth-order valence-electron chi connectivity index (χ4n) is 1.90. The third kappa shape index (κ3) is 1.57. The Morgan fingerprint density at radius 3 is 2.92 bits per heavy atom. The van der Waals surface area contributed by atoms with Gasteiger partial charge in [0.1, 0.15) is 6.23 Å². The van der Waals surface area contributed by atoms with E-state index in [1.54, 1.807) is 6.20 Å². The lowest BCUT2D eigenvalue weighted by Crippen LogP contribution is -2.26. The minimum absolute atomic E-state index is 0.287. The van der Waals surface area contributed by atoms with Crippen molar-refractivity contribution in [3.63, 3.8) is 0 Å². The zero-order valence-electron chi connectivity index (χ0n) is 7.72. The van der Waals surface area contributed by atoms with Gasteiger partial charge in [-0.3, -0.25) is 9.88 Å². The molecule has 2 unspecified atom stereocenters. The molecule has 2 heterocycles. The number of pyridine rings is 1. The molecule has 1 aliphatic heterocycles. The van der Waals surface area contributed by atoms with Gasteiger partial charge in [0.15, 0.2) is 0 Å². The van der Waals surface area contributed by atoms with Gasteiger partial charge in [0.25, 0.3) is 0 Å². The van der Waals surface area contributed by atoms with Crippen LogP contribution in [0, 0.1) is 0 Å². The number of hydrogen-bond donors (Lipinski definition) is 1. The molecule has 0 amide bonds. The molecule has 0 radical (unpaired) electrons. The summed E-state index contributed by atoms with van der Waals surface area (Å²) in [6, 6.07) is 4.34. The normalized spacial score (nSPS) is 29.4. The summed E-state index contributed by atoms with van der Waals surface area (Å²) in [5.74, 6) is 0. The van der Waals surface area contributed by atoms with Crippen LogP contribution in [-0.4, -0.2) is 28.3 Å². The molecule has 2 atom stereocenters. The highest BCUT2D eigenvalue weighted by Crippen LogP contribution is 2.32. The van der Waals surface area contributed by atoms with Crippen LogP contribution in [0.3, 0.4) is 0 Å². The largest absolute Gasteiger partial charge is 0.378 e. The monoisotopic (exact) mass is 178 g/mol. The van der Waals surface area contributed by atoms with Crippen LogP contribution >= 0.6 is 0 Å². The van der Waals surface area contributed by atoms with Gasteiger partial charge in [0, 0.05) is 18.4 Å². The zero-order valence-corrected chi connectivity index (χ0v) is 7.72. The topological polar surface area (TPSA) is 36.4 Å². The summed E-state index contributed by atoms with van der Waals surface area (Å²) in [4.78, 5) is 6.08. The van der Waals surface area contributed by atoms with Crippen molar-refractivity contribution in [2.24, 2.45) is 0 Å². The second-order valence-corrected chi connectivity index (χ2v) is 3.53. The highest BCUT2D eigenvalue weighted by atomic mass is 16.3. The van der Waals surface area contributed by atoms with Gasteiger partial charge in [0.05, 0.1) is 0 Å². The lowest BCUT2D eigenvalue weighted by molar-refractivity contribution is 0.0373. The van der Waals surface area contributed by atoms with Crippen LogP contribution in [0.4, 0.5) is 0 Å². The smallest absolute Gasteiger partial charge is 0.107 e. The average Bonchev–Trinajstić information content (AvgIpc) is 2.49. The Morgan fingerprint density at radius 1 is 1.54 bits per heavy atom. The van der Waals surface area contributed by atoms with Gasteiger partial charge >= 0.3 is 0 Å². The molecule has 70 valence electrons. The van der Waals surface area contributed by atoms with Crippen molar-refractivity contribution in [1.82, 2.24) is 9.88 Å². The van der Waals surface area contributed by atoms with E-state index in [2.05, 4.69) is 11.1 Å². The Labute approximate surface area is 78.0 Å². The molecule has 2 rings (SSSR count). The maximum absolute atomic E-state index is 9.53. The van der Waals surface area contributed by atoms with Gasteiger partial charge in [-0.15, -0.1) is 0 Å². The van der Waals surface area contributed by atoms with E-state index in [1.807, 2.05) is 24.2 Å². The third-order valence-electron chi connectivity index (χ3n) is 2.73. The third-order valence-corrected chi connectivity index (χ3v) is 2.73. The number of aliphatic hydroxyl groups excluding tert-OH is 1. The molecule has 3 nitrogen and oxygen atoms in total. The molecule has 0 aromatic carbocycles. The Bertz CT molecular complexity index is 276. The lowest BCUT2D eigenvalue weighted by Gasteiger charge is -2.22. The van der Waals surface area contributed by atoms with Gasteiger partial charge in [-0.05, 0) is 31.5 Å². The van der Waals surface area contributed by atoms with E-state index in [1.165, 1.54) is 5.56 Å². The molecular weight excluding hydrogens is 164 g/mol. The van der Waals surface area contributed by atoms with Crippen LogP contribution < -0.4 is 0 Å². The van der Waals surface area contributed by atoms with E-state index in [0.29, 0.717) is 6.04 Å². The average molecular weight is 178 g/mol. The molecule has 1 fully saturated rings. The first-order chi connectivity index (χ1) is 6.29. The number of rotatable bonds is 1. The number of nitrogens with zero attached hydrogens (tertiary/aromatic N) is 2. The van der Waals surface area contributed by atoms with E-state index < -0.39 is 0 Å². The van der Waals surface area contributed by atoms with Gasteiger partial charge in [0.2, 0.25) is 0 Å². The molecule has 0 saturated carbocycles. The summed E-state index contributed by atoms with van der Waals surface area (Å²) in [5.41, 5.74) is 1.20. The molecular formula is C10H14N2O. The standard InChI is InChI=1S/C10H14N2O/c1-12-9(4-5-10(12)13)8-3-2-6-11-7-8/h2-3,6-7,9-10,13H,4-5H2,1H3. The minimum Gasteiger partial charge on any atom is -0.378 e. The van der Waals surface area contributed by atoms with E-state index in [-0.39, 0.29) is 6.23 Å². The zero-order chi connectivity index (χ0) is 9.26. The first-order valence-corrected chi connectivity index (χ1v) is 4.59. The van der Waals surface area contributed by atoms with Crippen molar-refractivity contribution < 1.29 is 5.11 Å². The molecule has 3 heteroatoms. The van der Waals surface area contributed by atoms with E-state index >= 15 is 0 Å². The van der Waals surface area contributed by atoms with Crippen molar-refractivity contribution in [3.05, 3.63) is 30.1 Å². The van der Waals surface area contributed by atoms with Crippen molar-refractivity contribution >= 4 is 0 Å². The highest BCUT2D eigenvalue weighted by Gasteiger charge is 2.29. The Hall–Kier alpha value is -0.930. The highest BCUT2D eigenvalue weighted by molar-refractivity contribution is 5.15. The fraction of sp³-hybridized carbons (Fsp3) is 0.500. The first kappa shape index (κ1) is 8.66. The molecule has 0 aliphatic carbocycles. The maximum Gasteiger partial charge on any atom is 0.107 e. The predicted molar refractivity (Wildman–Crippen MR) is 50.0 cm³/mol. The summed E-state index contributed by atoms with van der Waals surface area (Å²) in [6.07, 6.45) is 5.23.